The molecule has 1 heterocycles. The van der Waals surface area contributed by atoms with Gasteiger partial charge in [-0.2, -0.15) is 0 Å². The van der Waals surface area contributed by atoms with Crippen molar-refractivity contribution in [3.63, 3.8) is 0 Å². The summed E-state index contributed by atoms with van der Waals surface area (Å²) < 4.78 is 0. The van der Waals surface area contributed by atoms with Gasteiger partial charge in [0, 0.05) is 17.3 Å². The number of nitrogens with one attached hydrogen (secondary N) is 1. The van der Waals surface area contributed by atoms with E-state index in [1.165, 1.54) is 21.6 Å². The van der Waals surface area contributed by atoms with E-state index in [1.807, 2.05) is 11.8 Å². The number of fused-ring (bicyclic) bond motifs is 2. The third kappa shape index (κ3) is 2.75. The largest absolute Gasteiger partial charge is 0.297 e. The van der Waals surface area contributed by atoms with E-state index in [0.29, 0.717) is 0 Å². The summed E-state index contributed by atoms with van der Waals surface area (Å²) in [5.41, 5.74) is 4.24. The molecular formula is C17H20N2S. The van der Waals surface area contributed by atoms with Crippen molar-refractivity contribution in [1.29, 1.82) is 0 Å². The van der Waals surface area contributed by atoms with Crippen LogP contribution >= 0.6 is 11.8 Å². The lowest BCUT2D eigenvalue weighted by Gasteiger charge is -2.23. The molecule has 0 radical (unpaired) electrons. The molecule has 0 amide bonds. The molecule has 2 aromatic carbocycles. The van der Waals surface area contributed by atoms with Gasteiger partial charge in [0.1, 0.15) is 0 Å². The lowest BCUT2D eigenvalue weighted by atomic mass is 9.95. The maximum Gasteiger partial charge on any atom is 0.0600 e. The van der Waals surface area contributed by atoms with Gasteiger partial charge in [-0.3, -0.25) is 10.2 Å². The van der Waals surface area contributed by atoms with Gasteiger partial charge in [-0.1, -0.05) is 42.5 Å². The summed E-state index contributed by atoms with van der Waals surface area (Å²) in [6.07, 6.45) is 0. The quantitative estimate of drug-likeness (QED) is 0.869. The first-order chi connectivity index (χ1) is 9.75. The van der Waals surface area contributed by atoms with E-state index < -0.39 is 0 Å². The maximum atomic E-state index is 3.69. The van der Waals surface area contributed by atoms with Crippen LogP contribution in [0.1, 0.15) is 22.7 Å². The summed E-state index contributed by atoms with van der Waals surface area (Å²) >= 11 is 1.94. The van der Waals surface area contributed by atoms with Crippen molar-refractivity contribution in [3.05, 3.63) is 65.2 Å². The van der Waals surface area contributed by atoms with Crippen LogP contribution in [-0.4, -0.2) is 25.7 Å². The molecule has 0 saturated carbocycles. The Labute approximate surface area is 125 Å². The first kappa shape index (κ1) is 13.7. The molecule has 3 rings (SSSR count). The van der Waals surface area contributed by atoms with Crippen LogP contribution in [0.5, 0.6) is 0 Å². The minimum atomic E-state index is 0.278. The topological polar surface area (TPSA) is 15.3 Å². The van der Waals surface area contributed by atoms with Gasteiger partial charge in [0.2, 0.25) is 0 Å². The van der Waals surface area contributed by atoms with Gasteiger partial charge in [-0.25, -0.2) is 0 Å². The fourth-order valence-corrected chi connectivity index (χ4v) is 3.72. The van der Waals surface area contributed by atoms with Crippen molar-refractivity contribution in [2.24, 2.45) is 0 Å². The van der Waals surface area contributed by atoms with E-state index in [-0.39, 0.29) is 6.04 Å². The Morgan fingerprint density at radius 2 is 1.75 bits per heavy atom. The Kier molecular flexibility index (Phi) is 4.10. The van der Waals surface area contributed by atoms with Gasteiger partial charge >= 0.3 is 0 Å². The van der Waals surface area contributed by atoms with E-state index in [1.54, 1.807) is 0 Å². The van der Waals surface area contributed by atoms with Crippen LogP contribution in [0.15, 0.2) is 53.4 Å². The van der Waals surface area contributed by atoms with Crippen LogP contribution in [0.25, 0.3) is 0 Å². The number of hydrogen-bond acceptors (Lipinski definition) is 3. The van der Waals surface area contributed by atoms with Crippen LogP contribution < -0.4 is 5.32 Å². The molecule has 1 aliphatic heterocycles. The van der Waals surface area contributed by atoms with Crippen LogP contribution in [0.3, 0.4) is 0 Å². The van der Waals surface area contributed by atoms with E-state index in [4.69, 9.17) is 0 Å². The maximum absolute atomic E-state index is 3.69. The Bertz CT molecular complexity index is 548. The molecule has 1 unspecified atom stereocenters. The highest BCUT2D eigenvalue weighted by Gasteiger charge is 2.22. The van der Waals surface area contributed by atoms with E-state index in [2.05, 4.69) is 72.8 Å². The Balaban J connectivity index is 2.04. The number of nitrogens with zero attached hydrogens (tertiary/aromatic N) is 1. The highest BCUT2D eigenvalue weighted by Crippen LogP contribution is 2.38. The lowest BCUT2D eigenvalue weighted by Crippen LogP contribution is -2.32. The van der Waals surface area contributed by atoms with Crippen molar-refractivity contribution in [1.82, 2.24) is 10.2 Å². The fraction of sp³-hybridized carbons (Fsp3) is 0.294. The summed E-state index contributed by atoms with van der Waals surface area (Å²) in [5.74, 6) is 1.05. The molecule has 0 bridgehead atoms. The predicted octanol–water partition coefficient (Wildman–Crippen LogP) is 3.49. The summed E-state index contributed by atoms with van der Waals surface area (Å²) in [6.45, 7) is 0.873. The monoisotopic (exact) mass is 284 g/mol. The molecular weight excluding hydrogens is 264 g/mol. The van der Waals surface area contributed by atoms with Crippen molar-refractivity contribution < 1.29 is 0 Å². The minimum Gasteiger partial charge on any atom is -0.297 e. The van der Waals surface area contributed by atoms with Crippen molar-refractivity contribution in [2.75, 3.05) is 20.8 Å². The Morgan fingerprint density at radius 1 is 1.05 bits per heavy atom. The van der Waals surface area contributed by atoms with E-state index in [0.717, 1.165) is 12.4 Å². The molecule has 0 fully saturated rings. The van der Waals surface area contributed by atoms with E-state index >= 15 is 0 Å². The smallest absolute Gasteiger partial charge is 0.0600 e. The van der Waals surface area contributed by atoms with Gasteiger partial charge < -0.3 is 0 Å². The second-order valence-corrected chi connectivity index (χ2v) is 6.42. The zero-order valence-electron chi connectivity index (χ0n) is 12.0. The Morgan fingerprint density at radius 3 is 2.55 bits per heavy atom. The molecule has 1 atom stereocenters. The number of benzene rings is 2. The zero-order valence-corrected chi connectivity index (χ0v) is 12.8. The fourth-order valence-electron chi connectivity index (χ4n) is 2.61. The third-order valence-corrected chi connectivity index (χ3v) is 4.73. The van der Waals surface area contributed by atoms with Gasteiger partial charge in [0.15, 0.2) is 0 Å². The zero-order chi connectivity index (χ0) is 13.9. The van der Waals surface area contributed by atoms with Crippen molar-refractivity contribution in [2.45, 2.75) is 16.7 Å². The molecule has 3 heteroatoms. The summed E-state index contributed by atoms with van der Waals surface area (Å²) in [6, 6.07) is 17.8. The second kappa shape index (κ2) is 6.00. The van der Waals surface area contributed by atoms with Crippen LogP contribution in [0.4, 0.5) is 0 Å². The average molecular weight is 284 g/mol. The molecule has 20 heavy (non-hydrogen) atoms. The second-order valence-electron chi connectivity index (χ2n) is 5.40. The molecule has 0 spiro atoms. The lowest BCUT2D eigenvalue weighted by molar-refractivity contribution is 0.352. The normalized spacial score (nSPS) is 17.4. The third-order valence-electron chi connectivity index (χ3n) is 3.59. The molecule has 104 valence electrons. The van der Waals surface area contributed by atoms with Gasteiger partial charge in [0.25, 0.3) is 0 Å². The molecule has 2 aromatic rings. The number of hydrogen-bond donors (Lipinski definition) is 1. The summed E-state index contributed by atoms with van der Waals surface area (Å²) in [4.78, 5) is 3.56. The Hall–Kier alpha value is -1.29. The summed E-state index contributed by atoms with van der Waals surface area (Å²) in [5, 5.41) is 3.69. The van der Waals surface area contributed by atoms with Crippen molar-refractivity contribution >= 4 is 11.8 Å². The number of rotatable bonds is 3. The van der Waals surface area contributed by atoms with Gasteiger partial charge in [-0.15, -0.1) is 11.8 Å². The molecule has 1 N–H and O–H groups in total. The summed E-state index contributed by atoms with van der Waals surface area (Å²) in [7, 11) is 4.19. The predicted molar refractivity (Wildman–Crippen MR) is 86.0 cm³/mol. The van der Waals surface area contributed by atoms with Gasteiger partial charge in [-0.05, 0) is 36.9 Å². The SMILES string of the molecule is CN(C)CNC1c2ccccc2CSc2ccccc21. The molecule has 0 saturated heterocycles. The highest BCUT2D eigenvalue weighted by atomic mass is 32.2. The van der Waals surface area contributed by atoms with Crippen LogP contribution in [-0.2, 0) is 5.75 Å². The first-order valence-corrected chi connectivity index (χ1v) is 7.92. The van der Waals surface area contributed by atoms with Crippen LogP contribution in [0.2, 0.25) is 0 Å². The average Bonchev–Trinajstić information content (AvgIpc) is 2.62. The molecule has 1 aliphatic rings. The highest BCUT2D eigenvalue weighted by molar-refractivity contribution is 7.98. The van der Waals surface area contributed by atoms with E-state index in [9.17, 15) is 0 Å². The first-order valence-electron chi connectivity index (χ1n) is 6.93. The number of thioether (sulfide) groups is 1. The standard InChI is InChI=1S/C17H20N2S/c1-19(2)12-18-17-14-8-4-3-7-13(14)11-20-16-10-6-5-9-15(16)17/h3-10,17-18H,11-12H2,1-2H3. The molecule has 0 aromatic heterocycles. The van der Waals surface area contributed by atoms with Gasteiger partial charge in [0.05, 0.1) is 6.04 Å². The molecule has 2 nitrogen and oxygen atoms in total. The molecule has 0 aliphatic carbocycles. The van der Waals surface area contributed by atoms with Crippen LogP contribution in [0, 0.1) is 0 Å². The van der Waals surface area contributed by atoms with Crippen molar-refractivity contribution in [3.8, 4) is 0 Å². The minimum absolute atomic E-state index is 0.278.